The van der Waals surface area contributed by atoms with Crippen LogP contribution in [0.15, 0.2) is 48.6 Å². The number of methoxy groups -OCH3 is 2. The first-order valence-electron chi connectivity index (χ1n) is 23.7. The number of nitrogens with one attached hydrogen (secondary N) is 2. The average Bonchev–Trinajstić information content (AvgIpc) is 3.69. The van der Waals surface area contributed by atoms with Gasteiger partial charge in [0.15, 0.2) is 5.60 Å². The number of piperidine rings is 1. The summed E-state index contributed by atoms with van der Waals surface area (Å²) in [6.07, 6.45) is 7.20. The molecule has 1 aliphatic carbocycles. The zero-order chi connectivity index (χ0) is 46.5. The van der Waals surface area contributed by atoms with Crippen molar-refractivity contribution in [3.63, 3.8) is 0 Å². The highest BCUT2D eigenvalue weighted by Gasteiger charge is 2.66. The predicted octanol–water partition coefficient (Wildman–Crippen LogP) is 3.33. The number of aliphatic hydroxyl groups excluding tert-OH is 1. The fourth-order valence-corrected chi connectivity index (χ4v) is 12.6. The number of carbonyl (C=O) groups excluding carboxylic acids is 3. The van der Waals surface area contributed by atoms with Crippen LogP contribution in [0.4, 0.5) is 5.69 Å². The second-order valence-electron chi connectivity index (χ2n) is 19.6. The van der Waals surface area contributed by atoms with E-state index < -0.39 is 58.1 Å². The molecule has 15 heteroatoms. The molecule has 0 spiro atoms. The van der Waals surface area contributed by atoms with Gasteiger partial charge in [-0.25, -0.2) is 0 Å². The number of hydrogen-bond acceptors (Lipinski definition) is 13. The number of aromatic amines is 1. The van der Waals surface area contributed by atoms with E-state index in [2.05, 4.69) is 32.2 Å². The Morgan fingerprint density at radius 3 is 2.55 bits per heavy atom. The maximum atomic E-state index is 15.2. The van der Waals surface area contributed by atoms with Crippen molar-refractivity contribution in [2.24, 2.45) is 17.1 Å². The highest BCUT2D eigenvalue weighted by atomic mass is 16.5. The van der Waals surface area contributed by atoms with Gasteiger partial charge in [-0.2, -0.15) is 0 Å². The van der Waals surface area contributed by atoms with Gasteiger partial charge in [0.05, 0.1) is 32.5 Å². The Bertz CT molecular complexity index is 2300. The molecular weight excluding hydrogens is 829 g/mol. The largest absolute Gasteiger partial charge is 0.496 e. The maximum absolute atomic E-state index is 15.2. The number of esters is 2. The summed E-state index contributed by atoms with van der Waals surface area (Å²) in [6, 6.07) is 10.3. The van der Waals surface area contributed by atoms with Gasteiger partial charge >= 0.3 is 11.9 Å². The van der Waals surface area contributed by atoms with E-state index in [-0.39, 0.29) is 31.5 Å². The summed E-state index contributed by atoms with van der Waals surface area (Å²) in [7, 11) is 4.89. The van der Waals surface area contributed by atoms with Crippen LogP contribution in [0.3, 0.4) is 0 Å². The van der Waals surface area contributed by atoms with E-state index in [0.29, 0.717) is 94.7 Å². The summed E-state index contributed by atoms with van der Waals surface area (Å²) in [5.74, 6) is -1.33. The molecule has 4 aliphatic heterocycles. The van der Waals surface area contributed by atoms with Gasteiger partial charge in [-0.05, 0) is 100 Å². The quantitative estimate of drug-likeness (QED) is 0.0931. The summed E-state index contributed by atoms with van der Waals surface area (Å²) in [5, 5.41) is 41.6. The number of ether oxygens (including phenoxy) is 3. The number of nitrogens with two attached hydrogens (primary N) is 1. The number of benzene rings is 2. The van der Waals surface area contributed by atoms with Crippen molar-refractivity contribution >= 4 is 34.4 Å². The number of aryl methyl sites for hydroxylation is 1. The number of amides is 1. The average molecular weight is 899 g/mol. The van der Waals surface area contributed by atoms with Crippen molar-refractivity contribution in [3.05, 3.63) is 70.9 Å². The molecule has 1 aromatic heterocycles. The molecule has 8 rings (SSSR count). The van der Waals surface area contributed by atoms with Crippen LogP contribution in [0.2, 0.25) is 0 Å². The number of H-pyrrole nitrogens is 1. The first-order chi connectivity index (χ1) is 31.1. The zero-order valence-electron chi connectivity index (χ0n) is 39.0. The van der Waals surface area contributed by atoms with Crippen LogP contribution < -0.4 is 20.7 Å². The van der Waals surface area contributed by atoms with E-state index in [0.717, 1.165) is 34.1 Å². The van der Waals surface area contributed by atoms with Gasteiger partial charge in [0, 0.05) is 85.1 Å². The number of hydrogen-bond donors (Lipinski definition) is 6. The number of likely N-dealkylation sites (N-methyl/N-ethyl adjacent to an activating group) is 1. The fraction of sp³-hybridized carbons (Fsp3) is 0.620. The number of carbonyl (C=O) groups is 3. The van der Waals surface area contributed by atoms with Crippen LogP contribution in [-0.2, 0) is 42.1 Å². The number of rotatable bonds is 11. The third-order valence-corrected chi connectivity index (χ3v) is 15.9. The molecule has 1 amide bonds. The van der Waals surface area contributed by atoms with E-state index in [1.54, 1.807) is 7.11 Å². The summed E-state index contributed by atoms with van der Waals surface area (Å²) < 4.78 is 17.5. The molecule has 10 atom stereocenters. The molecule has 0 radical (unpaired) electrons. The van der Waals surface area contributed by atoms with Crippen LogP contribution in [0.1, 0.15) is 88.1 Å². The van der Waals surface area contributed by atoms with Gasteiger partial charge < -0.3 is 50.5 Å². The minimum absolute atomic E-state index is 0.0324. The van der Waals surface area contributed by atoms with Gasteiger partial charge in [0.1, 0.15) is 23.3 Å². The Morgan fingerprint density at radius 1 is 1.05 bits per heavy atom. The second-order valence-corrected chi connectivity index (χ2v) is 19.6. The Morgan fingerprint density at radius 2 is 1.83 bits per heavy atom. The molecule has 354 valence electrons. The monoisotopic (exact) mass is 899 g/mol. The maximum Gasteiger partial charge on any atom is 0.322 e. The third-order valence-electron chi connectivity index (χ3n) is 15.9. The van der Waals surface area contributed by atoms with Gasteiger partial charge in [0.25, 0.3) is 5.91 Å². The topological polar surface area (TPSA) is 203 Å². The van der Waals surface area contributed by atoms with E-state index in [1.807, 2.05) is 62.2 Å². The lowest BCUT2D eigenvalue weighted by Crippen LogP contribution is -2.77. The van der Waals surface area contributed by atoms with E-state index in [4.69, 9.17) is 19.9 Å². The van der Waals surface area contributed by atoms with E-state index in [9.17, 15) is 24.9 Å². The molecule has 4 bridgehead atoms. The molecule has 4 unspecified atom stereocenters. The van der Waals surface area contributed by atoms with Crippen molar-refractivity contribution < 1.29 is 43.9 Å². The van der Waals surface area contributed by atoms with Crippen LogP contribution in [-0.4, -0.2) is 151 Å². The van der Waals surface area contributed by atoms with Crippen molar-refractivity contribution in [2.45, 2.75) is 119 Å². The molecule has 1 saturated heterocycles. The standard InChI is InChI=1S/C50H70N6O9/c1-7-47(61)27-32-28-49(46(60)64-6,42-35(17-22-55(29-32)30-47)34-15-9-10-16-37(34)53-42)36-24-33-14-11-20-56-21-12-18-48(8-2)40(56)26-41(54(4)38(33)25-39(36)63-5)50(62,44(48)58)45(59)52-19-13-23-65-43(57)31(3)51/h9-10,12,15-16,18,24-25,31-32,40-41,44,53,58,61-62H,7-8,11,13-14,17,19-23,26-30,51H2,1-6H3,(H,52,59)/t31?,32-,40?,41?,44-,47?,48-,49+,50+/m1/s1. The predicted molar refractivity (Wildman–Crippen MR) is 248 cm³/mol. The Labute approximate surface area is 382 Å². The minimum Gasteiger partial charge on any atom is -0.496 e. The molecule has 1 saturated carbocycles. The fourth-order valence-electron chi connectivity index (χ4n) is 12.6. The van der Waals surface area contributed by atoms with Crippen LogP contribution in [0.25, 0.3) is 10.9 Å². The number of anilines is 1. The Hall–Kier alpha value is -4.51. The number of para-hydroxylation sites is 1. The molecule has 3 aromatic rings. The van der Waals surface area contributed by atoms with Crippen LogP contribution >= 0.6 is 0 Å². The summed E-state index contributed by atoms with van der Waals surface area (Å²) in [5.41, 5.74) is 5.12. The highest BCUT2D eigenvalue weighted by molar-refractivity contribution is 5.94. The first-order valence-corrected chi connectivity index (χ1v) is 23.7. The summed E-state index contributed by atoms with van der Waals surface area (Å²) in [6.45, 7) is 9.04. The minimum atomic E-state index is -2.29. The van der Waals surface area contributed by atoms with Crippen LogP contribution in [0.5, 0.6) is 5.75 Å². The lowest BCUT2D eigenvalue weighted by atomic mass is 9.57. The van der Waals surface area contributed by atoms with Gasteiger partial charge in [-0.1, -0.05) is 44.2 Å². The van der Waals surface area contributed by atoms with Crippen molar-refractivity contribution in [1.29, 1.82) is 0 Å². The molecule has 65 heavy (non-hydrogen) atoms. The van der Waals surface area contributed by atoms with Gasteiger partial charge in [0.2, 0.25) is 0 Å². The van der Waals surface area contributed by atoms with E-state index >= 15 is 4.79 Å². The number of aliphatic hydroxyl groups is 3. The van der Waals surface area contributed by atoms with Crippen molar-refractivity contribution in [3.8, 4) is 5.75 Å². The molecule has 2 aromatic carbocycles. The van der Waals surface area contributed by atoms with E-state index in [1.165, 1.54) is 14.0 Å². The van der Waals surface area contributed by atoms with Gasteiger partial charge in [-0.15, -0.1) is 0 Å². The Balaban J connectivity index is 1.28. The first kappa shape index (κ1) is 47.0. The van der Waals surface area contributed by atoms with Crippen molar-refractivity contribution in [2.75, 3.05) is 72.0 Å². The number of aromatic nitrogens is 1. The molecule has 5 heterocycles. The second kappa shape index (κ2) is 18.3. The van der Waals surface area contributed by atoms with Crippen molar-refractivity contribution in [1.82, 2.24) is 20.1 Å². The molecular formula is C50H70N6O9. The SMILES string of the molecule is CCC1(O)C[C@H]2C[N@](CCc3c([nH]c4ccccc34)[C@@](C(=O)OC)(c3cc4c(cc3OC)N(C)C3CC5N(CC=C[C@@]5(CC)[C@@H](O)[C@]3(O)C(=O)NCCCOC(=O)C(C)N)CCC4)C2)C1. The molecule has 15 nitrogen and oxygen atoms in total. The summed E-state index contributed by atoms with van der Waals surface area (Å²) >= 11 is 0. The number of nitrogens with zero attached hydrogens (tertiary/aromatic N) is 3. The highest BCUT2D eigenvalue weighted by Crippen LogP contribution is 2.54. The molecule has 5 aliphatic rings. The summed E-state index contributed by atoms with van der Waals surface area (Å²) in [4.78, 5) is 52.2. The van der Waals surface area contributed by atoms with Gasteiger partial charge in [-0.3, -0.25) is 24.2 Å². The molecule has 2 fully saturated rings. The Kier molecular flexibility index (Phi) is 13.2. The normalized spacial score (nSPS) is 32.8. The smallest absolute Gasteiger partial charge is 0.322 e. The molecule has 7 N–H and O–H groups in total. The lowest BCUT2D eigenvalue weighted by molar-refractivity contribution is -0.195. The zero-order valence-corrected chi connectivity index (χ0v) is 39.0. The third kappa shape index (κ3) is 7.93. The number of fused-ring (bicyclic) bond motifs is 7. The van der Waals surface area contributed by atoms with Crippen LogP contribution in [0, 0.1) is 11.3 Å². The lowest BCUT2D eigenvalue weighted by Gasteiger charge is -2.61.